The molecule has 0 aromatic heterocycles. The van der Waals surface area contributed by atoms with E-state index < -0.39 is 39.4 Å². The lowest BCUT2D eigenvalue weighted by Gasteiger charge is -2.11. The second kappa shape index (κ2) is 7.10. The average Bonchev–Trinajstić information content (AvgIpc) is 2.60. The van der Waals surface area contributed by atoms with Crippen LogP contribution in [0, 0.1) is 21.4 Å². The van der Waals surface area contributed by atoms with Crippen LogP contribution in [0.25, 0.3) is 0 Å². The molecule has 0 aliphatic carbocycles. The van der Waals surface area contributed by atoms with Gasteiger partial charge in [-0.3, -0.25) is 10.1 Å². The summed E-state index contributed by atoms with van der Waals surface area (Å²) in [4.78, 5) is 21.8. The monoisotopic (exact) mass is 366 g/mol. The third-order valence-electron chi connectivity index (χ3n) is 3.23. The van der Waals surface area contributed by atoms with Crippen molar-refractivity contribution in [2.45, 2.75) is 6.18 Å². The van der Waals surface area contributed by atoms with Crippen LogP contribution in [0.3, 0.4) is 0 Å². The summed E-state index contributed by atoms with van der Waals surface area (Å²) in [7, 11) is 1.03. The second-order valence-electron chi connectivity index (χ2n) is 4.85. The van der Waals surface area contributed by atoms with Crippen LogP contribution in [0.1, 0.15) is 21.5 Å². The van der Waals surface area contributed by atoms with Crippen molar-refractivity contribution in [1.29, 1.82) is 5.26 Å². The zero-order valence-corrected chi connectivity index (χ0v) is 13.0. The Hall–Kier alpha value is -3.61. The Morgan fingerprint density at radius 1 is 1.23 bits per heavy atom. The van der Waals surface area contributed by atoms with Crippen molar-refractivity contribution in [3.8, 4) is 17.6 Å². The number of methoxy groups -OCH3 is 1. The molecule has 134 valence electrons. The van der Waals surface area contributed by atoms with E-state index in [1.807, 2.05) is 0 Å². The molecule has 0 spiro atoms. The summed E-state index contributed by atoms with van der Waals surface area (Å²) in [5.41, 5.74) is -2.35. The molecule has 26 heavy (non-hydrogen) atoms. The Balaban J connectivity index is 2.44. The van der Waals surface area contributed by atoms with Crippen LogP contribution in [-0.4, -0.2) is 18.0 Å². The number of alkyl halides is 3. The SMILES string of the molecule is COC(=O)c1cc(Oc2ccc(C(F)(F)F)cc2C#N)ccc1[N+](=O)[O-]. The van der Waals surface area contributed by atoms with Gasteiger partial charge in [-0.1, -0.05) is 0 Å². The number of nitro benzene ring substituents is 1. The normalized spacial score (nSPS) is 10.7. The third kappa shape index (κ3) is 3.89. The van der Waals surface area contributed by atoms with Crippen molar-refractivity contribution in [3.63, 3.8) is 0 Å². The molecule has 0 aliphatic heterocycles. The summed E-state index contributed by atoms with van der Waals surface area (Å²) in [6, 6.07) is 6.99. The Bertz CT molecular complexity index is 919. The predicted molar refractivity (Wildman–Crippen MR) is 80.7 cm³/mol. The van der Waals surface area contributed by atoms with Crippen molar-refractivity contribution in [3.05, 3.63) is 63.2 Å². The van der Waals surface area contributed by atoms with Gasteiger partial charge in [0, 0.05) is 12.1 Å². The van der Waals surface area contributed by atoms with Gasteiger partial charge in [0.1, 0.15) is 23.1 Å². The molecule has 0 amide bonds. The van der Waals surface area contributed by atoms with E-state index in [0.29, 0.717) is 6.07 Å². The Labute approximate surface area is 144 Å². The number of nitro groups is 1. The van der Waals surface area contributed by atoms with Crippen LogP contribution in [-0.2, 0) is 10.9 Å². The summed E-state index contributed by atoms with van der Waals surface area (Å²) < 4.78 is 47.9. The predicted octanol–water partition coefficient (Wildman–Crippen LogP) is 4.06. The van der Waals surface area contributed by atoms with E-state index in [-0.39, 0.29) is 11.5 Å². The molecule has 0 N–H and O–H groups in total. The maximum atomic E-state index is 12.7. The molecule has 0 atom stereocenters. The molecule has 0 saturated carbocycles. The van der Waals surface area contributed by atoms with Gasteiger partial charge in [-0.2, -0.15) is 18.4 Å². The molecular formula is C16H9F3N2O5. The highest BCUT2D eigenvalue weighted by Crippen LogP contribution is 2.34. The molecule has 10 heteroatoms. The maximum absolute atomic E-state index is 12.7. The van der Waals surface area contributed by atoms with E-state index in [2.05, 4.69) is 4.74 Å². The first-order valence-corrected chi connectivity index (χ1v) is 6.83. The molecule has 0 bridgehead atoms. The number of carbonyl (C=O) groups is 1. The van der Waals surface area contributed by atoms with E-state index in [9.17, 15) is 28.1 Å². The summed E-state index contributed by atoms with van der Waals surface area (Å²) in [5.74, 6) is -1.28. The highest BCUT2D eigenvalue weighted by molar-refractivity contribution is 5.94. The Morgan fingerprint density at radius 3 is 2.46 bits per heavy atom. The van der Waals surface area contributed by atoms with E-state index in [1.165, 1.54) is 0 Å². The number of esters is 1. The van der Waals surface area contributed by atoms with Gasteiger partial charge in [-0.25, -0.2) is 4.79 Å². The highest BCUT2D eigenvalue weighted by Gasteiger charge is 2.31. The molecule has 0 aliphatic rings. The highest BCUT2D eigenvalue weighted by atomic mass is 19.4. The van der Waals surface area contributed by atoms with Gasteiger partial charge in [0.15, 0.2) is 0 Å². The quantitative estimate of drug-likeness (QED) is 0.459. The summed E-state index contributed by atoms with van der Waals surface area (Å²) in [5, 5.41) is 20.0. The summed E-state index contributed by atoms with van der Waals surface area (Å²) >= 11 is 0. The number of ether oxygens (including phenoxy) is 2. The molecule has 2 rings (SSSR count). The number of nitrogens with zero attached hydrogens (tertiary/aromatic N) is 2. The molecule has 0 saturated heterocycles. The Kier molecular flexibility index (Phi) is 5.11. The van der Waals surface area contributed by atoms with E-state index in [1.54, 1.807) is 6.07 Å². The fraction of sp³-hybridized carbons (Fsp3) is 0.125. The third-order valence-corrected chi connectivity index (χ3v) is 3.23. The number of carbonyl (C=O) groups excluding carboxylic acids is 1. The maximum Gasteiger partial charge on any atom is 0.416 e. The largest absolute Gasteiger partial charge is 0.465 e. The molecule has 0 unspecified atom stereocenters. The van der Waals surface area contributed by atoms with E-state index in [0.717, 1.165) is 37.4 Å². The first-order chi connectivity index (χ1) is 12.2. The van der Waals surface area contributed by atoms with Crippen molar-refractivity contribution in [1.82, 2.24) is 0 Å². The Morgan fingerprint density at radius 2 is 1.92 bits per heavy atom. The number of hydrogen-bond acceptors (Lipinski definition) is 6. The van der Waals surface area contributed by atoms with Crippen LogP contribution in [0.15, 0.2) is 36.4 Å². The van der Waals surface area contributed by atoms with Gasteiger partial charge < -0.3 is 9.47 Å². The molecular weight excluding hydrogens is 357 g/mol. The zero-order chi connectivity index (χ0) is 19.5. The molecule has 0 heterocycles. The molecule has 2 aromatic rings. The van der Waals surface area contributed by atoms with Crippen LogP contribution < -0.4 is 4.74 Å². The van der Waals surface area contributed by atoms with E-state index >= 15 is 0 Å². The number of hydrogen-bond donors (Lipinski definition) is 0. The van der Waals surface area contributed by atoms with Crippen LogP contribution in [0.4, 0.5) is 18.9 Å². The molecule has 2 aromatic carbocycles. The van der Waals surface area contributed by atoms with Gasteiger partial charge in [0.25, 0.3) is 5.69 Å². The first kappa shape index (κ1) is 18.7. The summed E-state index contributed by atoms with van der Waals surface area (Å²) in [6.07, 6.45) is -4.63. The van der Waals surface area contributed by atoms with Crippen molar-refractivity contribution >= 4 is 11.7 Å². The van der Waals surface area contributed by atoms with Gasteiger partial charge in [-0.15, -0.1) is 0 Å². The van der Waals surface area contributed by atoms with Gasteiger partial charge in [0.05, 0.1) is 23.2 Å². The number of rotatable bonds is 4. The topological polar surface area (TPSA) is 102 Å². The molecule has 7 nitrogen and oxygen atoms in total. The lowest BCUT2D eigenvalue weighted by atomic mass is 10.1. The van der Waals surface area contributed by atoms with Gasteiger partial charge in [-0.05, 0) is 24.3 Å². The fourth-order valence-corrected chi connectivity index (χ4v) is 2.02. The van der Waals surface area contributed by atoms with Crippen molar-refractivity contribution < 1.29 is 32.4 Å². The standard InChI is InChI=1S/C16H9F3N2O5/c1-25-15(22)12-7-11(3-4-13(12)21(23)24)26-14-5-2-10(16(17,18)19)6-9(14)8-20/h2-7H,1H3. The summed E-state index contributed by atoms with van der Waals surface area (Å²) in [6.45, 7) is 0. The second-order valence-corrected chi connectivity index (χ2v) is 4.85. The van der Waals surface area contributed by atoms with Crippen LogP contribution >= 0.6 is 0 Å². The minimum atomic E-state index is -4.63. The smallest absolute Gasteiger partial charge is 0.416 e. The minimum Gasteiger partial charge on any atom is -0.465 e. The number of nitriles is 1. The lowest BCUT2D eigenvalue weighted by molar-refractivity contribution is -0.385. The first-order valence-electron chi connectivity index (χ1n) is 6.83. The van der Waals surface area contributed by atoms with Crippen LogP contribution in [0.5, 0.6) is 11.5 Å². The zero-order valence-electron chi connectivity index (χ0n) is 13.0. The van der Waals surface area contributed by atoms with Crippen molar-refractivity contribution in [2.75, 3.05) is 7.11 Å². The van der Waals surface area contributed by atoms with Gasteiger partial charge in [0.2, 0.25) is 0 Å². The minimum absolute atomic E-state index is 0.0905. The molecule has 0 radical (unpaired) electrons. The average molecular weight is 366 g/mol. The number of halogens is 3. The number of benzene rings is 2. The van der Waals surface area contributed by atoms with Crippen molar-refractivity contribution in [2.24, 2.45) is 0 Å². The lowest BCUT2D eigenvalue weighted by Crippen LogP contribution is -2.06. The molecule has 0 fully saturated rings. The fourth-order valence-electron chi connectivity index (χ4n) is 2.02. The van der Waals surface area contributed by atoms with Gasteiger partial charge >= 0.3 is 12.1 Å². The van der Waals surface area contributed by atoms with Crippen LogP contribution in [0.2, 0.25) is 0 Å². The van der Waals surface area contributed by atoms with E-state index in [4.69, 9.17) is 10.00 Å².